The molecule has 0 bridgehead atoms. The van der Waals surface area contributed by atoms with Gasteiger partial charge in [-0.25, -0.2) is 4.79 Å². The van der Waals surface area contributed by atoms with Crippen molar-refractivity contribution in [3.8, 4) is 0 Å². The largest absolute Gasteiger partial charge is 0.369 e. The number of amides is 2. The highest BCUT2D eigenvalue weighted by atomic mass is 16.2. The molecule has 1 aromatic rings. The predicted molar refractivity (Wildman–Crippen MR) is 76.4 cm³/mol. The summed E-state index contributed by atoms with van der Waals surface area (Å²) in [6.07, 6.45) is 3.33. The van der Waals surface area contributed by atoms with Gasteiger partial charge in [0.15, 0.2) is 0 Å². The van der Waals surface area contributed by atoms with Crippen LogP contribution in [-0.4, -0.2) is 43.2 Å². The zero-order valence-corrected chi connectivity index (χ0v) is 11.2. The molecule has 0 aromatic heterocycles. The number of likely N-dealkylation sites (tertiary alicyclic amines) is 1. The summed E-state index contributed by atoms with van der Waals surface area (Å²) >= 11 is 0. The Kier molecular flexibility index (Phi) is 3.58. The number of rotatable bonds is 2. The van der Waals surface area contributed by atoms with Crippen LogP contribution in [-0.2, 0) is 0 Å². The molecule has 1 atom stereocenters. The first-order valence-electron chi connectivity index (χ1n) is 7.18. The summed E-state index contributed by atoms with van der Waals surface area (Å²) in [5.74, 6) is 0. The summed E-state index contributed by atoms with van der Waals surface area (Å²) in [6.45, 7) is 3.78. The lowest BCUT2D eigenvalue weighted by atomic mass is 10.3. The van der Waals surface area contributed by atoms with E-state index >= 15 is 0 Å². The van der Waals surface area contributed by atoms with Gasteiger partial charge in [-0.05, 0) is 31.4 Å². The minimum Gasteiger partial charge on any atom is -0.369 e. The average molecular weight is 259 g/mol. The fraction of sp³-hybridized carbons (Fsp3) is 0.533. The van der Waals surface area contributed by atoms with Gasteiger partial charge in [0.25, 0.3) is 0 Å². The summed E-state index contributed by atoms with van der Waals surface area (Å²) in [5, 5.41) is 3.17. The van der Waals surface area contributed by atoms with Crippen molar-refractivity contribution in [1.29, 1.82) is 0 Å². The Morgan fingerprint density at radius 1 is 1.11 bits per heavy atom. The number of nitrogens with zero attached hydrogens (tertiary/aromatic N) is 2. The van der Waals surface area contributed by atoms with Crippen molar-refractivity contribution in [2.24, 2.45) is 0 Å². The van der Waals surface area contributed by atoms with E-state index in [0.29, 0.717) is 0 Å². The highest BCUT2D eigenvalue weighted by Gasteiger charge is 2.26. The maximum Gasteiger partial charge on any atom is 0.317 e. The molecule has 2 saturated heterocycles. The highest BCUT2D eigenvalue weighted by molar-refractivity contribution is 5.75. The fourth-order valence-electron chi connectivity index (χ4n) is 2.94. The maximum atomic E-state index is 12.0. The van der Waals surface area contributed by atoms with Gasteiger partial charge in [0.1, 0.15) is 0 Å². The molecular weight excluding hydrogens is 238 g/mol. The Bertz CT molecular complexity index is 428. The van der Waals surface area contributed by atoms with Crippen LogP contribution >= 0.6 is 0 Å². The molecule has 0 spiro atoms. The third-order valence-electron chi connectivity index (χ3n) is 4.03. The summed E-state index contributed by atoms with van der Waals surface area (Å²) in [7, 11) is 0. The van der Waals surface area contributed by atoms with E-state index < -0.39 is 0 Å². The number of para-hydroxylation sites is 1. The second-order valence-corrected chi connectivity index (χ2v) is 5.41. The van der Waals surface area contributed by atoms with Crippen molar-refractivity contribution >= 4 is 11.7 Å². The van der Waals surface area contributed by atoms with Crippen LogP contribution in [0.1, 0.15) is 19.3 Å². The number of hydrogen-bond donors (Lipinski definition) is 1. The topological polar surface area (TPSA) is 35.6 Å². The zero-order valence-electron chi connectivity index (χ0n) is 11.2. The standard InChI is InChI=1S/C15H21N3O/c19-15(17-9-4-5-10-17)16-13-8-11-18(12-13)14-6-2-1-3-7-14/h1-3,6-7,13H,4-5,8-12H2,(H,16,19). The highest BCUT2D eigenvalue weighted by Crippen LogP contribution is 2.20. The van der Waals surface area contributed by atoms with Crippen LogP contribution in [0, 0.1) is 0 Å². The van der Waals surface area contributed by atoms with Gasteiger partial charge >= 0.3 is 6.03 Å². The molecule has 2 aliphatic heterocycles. The minimum absolute atomic E-state index is 0.123. The normalized spacial score (nSPS) is 22.8. The van der Waals surface area contributed by atoms with Gasteiger partial charge in [0.05, 0.1) is 0 Å². The van der Waals surface area contributed by atoms with E-state index in [1.807, 2.05) is 11.0 Å². The summed E-state index contributed by atoms with van der Waals surface area (Å²) in [4.78, 5) is 16.3. The van der Waals surface area contributed by atoms with Crippen molar-refractivity contribution in [3.05, 3.63) is 30.3 Å². The summed E-state index contributed by atoms with van der Waals surface area (Å²) in [5.41, 5.74) is 1.25. The van der Waals surface area contributed by atoms with E-state index in [2.05, 4.69) is 34.5 Å². The number of carbonyl (C=O) groups excluding carboxylic acids is 1. The Morgan fingerprint density at radius 2 is 1.84 bits per heavy atom. The van der Waals surface area contributed by atoms with E-state index in [4.69, 9.17) is 0 Å². The van der Waals surface area contributed by atoms with Crippen LogP contribution in [0.2, 0.25) is 0 Å². The van der Waals surface area contributed by atoms with E-state index in [9.17, 15) is 4.79 Å². The SMILES string of the molecule is O=C(NC1CCN(c2ccccc2)C1)N1CCCC1. The van der Waals surface area contributed by atoms with Crippen LogP contribution in [0.5, 0.6) is 0 Å². The molecule has 2 heterocycles. The molecule has 2 amide bonds. The molecule has 0 radical (unpaired) electrons. The van der Waals surface area contributed by atoms with Crippen molar-refractivity contribution in [2.75, 3.05) is 31.1 Å². The lowest BCUT2D eigenvalue weighted by molar-refractivity contribution is 0.205. The molecular formula is C15H21N3O. The van der Waals surface area contributed by atoms with Crippen molar-refractivity contribution < 1.29 is 4.79 Å². The number of nitrogens with one attached hydrogen (secondary N) is 1. The first kappa shape index (κ1) is 12.3. The predicted octanol–water partition coefficient (Wildman–Crippen LogP) is 2.07. The Morgan fingerprint density at radius 3 is 2.58 bits per heavy atom. The van der Waals surface area contributed by atoms with Crippen molar-refractivity contribution in [3.63, 3.8) is 0 Å². The van der Waals surface area contributed by atoms with E-state index in [0.717, 1.165) is 45.4 Å². The van der Waals surface area contributed by atoms with Crippen LogP contribution < -0.4 is 10.2 Å². The first-order chi connectivity index (χ1) is 9.33. The lowest BCUT2D eigenvalue weighted by Gasteiger charge is -2.21. The molecule has 2 aliphatic rings. The molecule has 2 fully saturated rings. The third kappa shape index (κ3) is 2.83. The smallest absolute Gasteiger partial charge is 0.317 e. The number of carbonyl (C=O) groups is 1. The van der Waals surface area contributed by atoms with Gasteiger partial charge in [-0.2, -0.15) is 0 Å². The van der Waals surface area contributed by atoms with Gasteiger partial charge in [-0.15, -0.1) is 0 Å². The summed E-state index contributed by atoms with van der Waals surface area (Å²) < 4.78 is 0. The average Bonchev–Trinajstić information content (AvgIpc) is 3.11. The van der Waals surface area contributed by atoms with Crippen molar-refractivity contribution in [1.82, 2.24) is 10.2 Å². The molecule has 1 unspecified atom stereocenters. The number of anilines is 1. The van der Waals surface area contributed by atoms with Gasteiger partial charge in [-0.1, -0.05) is 18.2 Å². The molecule has 1 aromatic carbocycles. The summed E-state index contributed by atoms with van der Waals surface area (Å²) in [6, 6.07) is 10.8. The second-order valence-electron chi connectivity index (χ2n) is 5.41. The van der Waals surface area contributed by atoms with E-state index in [1.54, 1.807) is 0 Å². The van der Waals surface area contributed by atoms with Crippen LogP contribution in [0.4, 0.5) is 10.5 Å². The molecule has 19 heavy (non-hydrogen) atoms. The monoisotopic (exact) mass is 259 g/mol. The minimum atomic E-state index is 0.123. The quantitative estimate of drug-likeness (QED) is 0.882. The first-order valence-corrected chi connectivity index (χ1v) is 7.18. The third-order valence-corrected chi connectivity index (χ3v) is 4.03. The Balaban J connectivity index is 1.53. The van der Waals surface area contributed by atoms with Crippen LogP contribution in [0.25, 0.3) is 0 Å². The van der Waals surface area contributed by atoms with E-state index in [1.165, 1.54) is 5.69 Å². The molecule has 4 heteroatoms. The van der Waals surface area contributed by atoms with Gasteiger partial charge < -0.3 is 15.1 Å². The number of hydrogen-bond acceptors (Lipinski definition) is 2. The molecule has 3 rings (SSSR count). The molecule has 0 aliphatic carbocycles. The zero-order chi connectivity index (χ0) is 13.1. The lowest BCUT2D eigenvalue weighted by Crippen LogP contribution is -2.44. The Labute approximate surface area is 114 Å². The van der Waals surface area contributed by atoms with Gasteiger partial charge in [-0.3, -0.25) is 0 Å². The molecule has 102 valence electrons. The second kappa shape index (κ2) is 5.51. The van der Waals surface area contributed by atoms with Crippen molar-refractivity contribution in [2.45, 2.75) is 25.3 Å². The molecule has 0 saturated carbocycles. The maximum absolute atomic E-state index is 12.0. The van der Waals surface area contributed by atoms with Gasteiger partial charge in [0.2, 0.25) is 0 Å². The Hall–Kier alpha value is -1.71. The fourth-order valence-corrected chi connectivity index (χ4v) is 2.94. The molecule has 1 N–H and O–H groups in total. The van der Waals surface area contributed by atoms with Crippen LogP contribution in [0.15, 0.2) is 30.3 Å². The number of benzene rings is 1. The number of urea groups is 1. The van der Waals surface area contributed by atoms with Crippen LogP contribution in [0.3, 0.4) is 0 Å². The van der Waals surface area contributed by atoms with Gasteiger partial charge in [0, 0.05) is 37.9 Å². The van der Waals surface area contributed by atoms with E-state index in [-0.39, 0.29) is 12.1 Å². The molecule has 4 nitrogen and oxygen atoms in total.